The Morgan fingerprint density at radius 1 is 1.08 bits per heavy atom. The van der Waals surface area contributed by atoms with E-state index in [4.69, 9.17) is 4.74 Å². The van der Waals surface area contributed by atoms with E-state index >= 15 is 0 Å². The minimum absolute atomic E-state index is 0.551. The van der Waals surface area contributed by atoms with Crippen LogP contribution >= 0.6 is 0 Å². The van der Waals surface area contributed by atoms with Crippen LogP contribution in [0.3, 0.4) is 0 Å². The van der Waals surface area contributed by atoms with Crippen LogP contribution in [0.15, 0.2) is 0 Å². The standard InChI is InChI=1S/C11H21NO/c1-9-7-12(8-9)10-3-5-11(13-2)6-4-10/h9-11H,3-8H2,1-2H3. The summed E-state index contributed by atoms with van der Waals surface area (Å²) in [5.74, 6) is 0.945. The molecule has 0 aromatic rings. The number of nitrogens with zero attached hydrogens (tertiary/aromatic N) is 1. The molecule has 1 saturated heterocycles. The van der Waals surface area contributed by atoms with Crippen LogP contribution in [0.2, 0.25) is 0 Å². The maximum Gasteiger partial charge on any atom is 0.0572 e. The van der Waals surface area contributed by atoms with E-state index in [9.17, 15) is 0 Å². The van der Waals surface area contributed by atoms with Crippen molar-refractivity contribution in [3.8, 4) is 0 Å². The van der Waals surface area contributed by atoms with Gasteiger partial charge in [-0.25, -0.2) is 0 Å². The minimum Gasteiger partial charge on any atom is -0.381 e. The Hall–Kier alpha value is -0.0800. The predicted octanol–water partition coefficient (Wildman–Crippen LogP) is 1.90. The number of rotatable bonds is 2. The van der Waals surface area contributed by atoms with Crippen molar-refractivity contribution < 1.29 is 4.74 Å². The Bertz CT molecular complexity index is 157. The molecule has 13 heavy (non-hydrogen) atoms. The Kier molecular flexibility index (Phi) is 2.89. The van der Waals surface area contributed by atoms with Gasteiger partial charge in [-0.15, -0.1) is 0 Å². The van der Waals surface area contributed by atoms with Crippen molar-refractivity contribution in [2.24, 2.45) is 5.92 Å². The van der Waals surface area contributed by atoms with Crippen LogP contribution in [-0.4, -0.2) is 37.2 Å². The molecule has 76 valence electrons. The Morgan fingerprint density at radius 2 is 1.69 bits per heavy atom. The topological polar surface area (TPSA) is 12.5 Å². The minimum atomic E-state index is 0.551. The largest absolute Gasteiger partial charge is 0.381 e. The molecule has 0 N–H and O–H groups in total. The van der Waals surface area contributed by atoms with Gasteiger partial charge in [0.1, 0.15) is 0 Å². The summed E-state index contributed by atoms with van der Waals surface area (Å²) in [4.78, 5) is 2.65. The molecule has 0 spiro atoms. The zero-order valence-corrected chi connectivity index (χ0v) is 8.83. The smallest absolute Gasteiger partial charge is 0.0572 e. The predicted molar refractivity (Wildman–Crippen MR) is 53.8 cm³/mol. The van der Waals surface area contributed by atoms with E-state index in [1.54, 1.807) is 0 Å². The van der Waals surface area contributed by atoms with Crippen LogP contribution in [0, 0.1) is 5.92 Å². The highest BCUT2D eigenvalue weighted by Gasteiger charge is 2.32. The van der Waals surface area contributed by atoms with Crippen molar-refractivity contribution in [2.75, 3.05) is 20.2 Å². The molecule has 0 aromatic carbocycles. The van der Waals surface area contributed by atoms with Gasteiger partial charge in [-0.3, -0.25) is 4.90 Å². The van der Waals surface area contributed by atoms with Crippen LogP contribution in [0.25, 0.3) is 0 Å². The molecule has 1 saturated carbocycles. The van der Waals surface area contributed by atoms with Gasteiger partial charge in [-0.2, -0.15) is 0 Å². The molecular weight excluding hydrogens is 162 g/mol. The highest BCUT2D eigenvalue weighted by atomic mass is 16.5. The van der Waals surface area contributed by atoms with Crippen molar-refractivity contribution in [1.82, 2.24) is 4.90 Å². The third-order valence-corrected chi connectivity index (χ3v) is 3.59. The zero-order chi connectivity index (χ0) is 9.26. The quantitative estimate of drug-likeness (QED) is 0.648. The Morgan fingerprint density at radius 3 is 2.15 bits per heavy atom. The van der Waals surface area contributed by atoms with E-state index in [0.29, 0.717) is 6.10 Å². The second-order valence-corrected chi connectivity index (χ2v) is 4.73. The molecule has 2 aliphatic rings. The zero-order valence-electron chi connectivity index (χ0n) is 8.83. The van der Waals surface area contributed by atoms with E-state index in [1.807, 2.05) is 7.11 Å². The first-order valence-electron chi connectivity index (χ1n) is 5.56. The molecule has 2 fully saturated rings. The van der Waals surface area contributed by atoms with Crippen LogP contribution in [0.1, 0.15) is 32.6 Å². The summed E-state index contributed by atoms with van der Waals surface area (Å²) in [7, 11) is 1.84. The van der Waals surface area contributed by atoms with Gasteiger partial charge in [0.15, 0.2) is 0 Å². The average molecular weight is 183 g/mol. The molecule has 1 aliphatic heterocycles. The molecule has 0 bridgehead atoms. The van der Waals surface area contributed by atoms with E-state index in [0.717, 1.165) is 12.0 Å². The molecule has 2 rings (SSSR count). The lowest BCUT2D eigenvalue weighted by atomic mass is 9.88. The van der Waals surface area contributed by atoms with Gasteiger partial charge in [-0.05, 0) is 31.6 Å². The second kappa shape index (κ2) is 3.97. The molecule has 2 nitrogen and oxygen atoms in total. The number of likely N-dealkylation sites (tertiary alicyclic amines) is 1. The van der Waals surface area contributed by atoms with Crippen molar-refractivity contribution in [3.05, 3.63) is 0 Å². The molecule has 0 amide bonds. The van der Waals surface area contributed by atoms with Crippen LogP contribution in [-0.2, 0) is 4.74 Å². The highest BCUT2D eigenvalue weighted by Crippen LogP contribution is 2.29. The summed E-state index contributed by atoms with van der Waals surface area (Å²) in [6, 6.07) is 0.877. The van der Waals surface area contributed by atoms with E-state index in [-0.39, 0.29) is 0 Å². The fraction of sp³-hybridized carbons (Fsp3) is 1.00. The average Bonchev–Trinajstić information content (AvgIpc) is 2.13. The second-order valence-electron chi connectivity index (χ2n) is 4.73. The van der Waals surface area contributed by atoms with Crippen molar-refractivity contribution in [3.63, 3.8) is 0 Å². The number of methoxy groups -OCH3 is 1. The van der Waals surface area contributed by atoms with Gasteiger partial charge in [0.05, 0.1) is 6.10 Å². The third kappa shape index (κ3) is 2.05. The molecule has 0 unspecified atom stereocenters. The van der Waals surface area contributed by atoms with Gasteiger partial charge in [0, 0.05) is 26.2 Å². The van der Waals surface area contributed by atoms with Crippen LogP contribution in [0.5, 0.6) is 0 Å². The van der Waals surface area contributed by atoms with E-state index in [2.05, 4.69) is 11.8 Å². The lowest BCUT2D eigenvalue weighted by Crippen LogP contribution is -2.52. The first-order chi connectivity index (χ1) is 6.29. The van der Waals surface area contributed by atoms with Crippen molar-refractivity contribution in [1.29, 1.82) is 0 Å². The molecule has 1 aliphatic carbocycles. The molecule has 0 aromatic heterocycles. The summed E-state index contributed by atoms with van der Waals surface area (Å²) in [6.07, 6.45) is 5.80. The summed E-state index contributed by atoms with van der Waals surface area (Å²) in [5.41, 5.74) is 0. The molecule has 1 heterocycles. The van der Waals surface area contributed by atoms with Gasteiger partial charge < -0.3 is 4.74 Å². The lowest BCUT2D eigenvalue weighted by molar-refractivity contribution is 0.00159. The Labute approximate surface area is 81.3 Å². The van der Waals surface area contributed by atoms with E-state index < -0.39 is 0 Å². The molecule has 2 heteroatoms. The monoisotopic (exact) mass is 183 g/mol. The molecular formula is C11H21NO. The molecule has 0 atom stereocenters. The van der Waals surface area contributed by atoms with Crippen molar-refractivity contribution >= 4 is 0 Å². The Balaban J connectivity index is 1.72. The first-order valence-corrected chi connectivity index (χ1v) is 5.56. The maximum absolute atomic E-state index is 5.37. The summed E-state index contributed by atoms with van der Waals surface area (Å²) in [5, 5.41) is 0. The highest BCUT2D eigenvalue weighted by molar-refractivity contribution is 4.86. The number of hydrogen-bond acceptors (Lipinski definition) is 2. The number of hydrogen-bond donors (Lipinski definition) is 0. The SMILES string of the molecule is COC1CCC(N2CC(C)C2)CC1. The normalized spacial score (nSPS) is 37.4. The first kappa shape index (κ1) is 9.47. The summed E-state index contributed by atoms with van der Waals surface area (Å²) in [6.45, 7) is 5.02. The number of ether oxygens (including phenoxy) is 1. The van der Waals surface area contributed by atoms with Gasteiger partial charge in [-0.1, -0.05) is 6.92 Å². The van der Waals surface area contributed by atoms with Gasteiger partial charge in [0.25, 0.3) is 0 Å². The maximum atomic E-state index is 5.37. The summed E-state index contributed by atoms with van der Waals surface area (Å²) >= 11 is 0. The molecule has 0 radical (unpaired) electrons. The van der Waals surface area contributed by atoms with E-state index in [1.165, 1.54) is 38.8 Å². The van der Waals surface area contributed by atoms with Crippen LogP contribution in [0.4, 0.5) is 0 Å². The summed E-state index contributed by atoms with van der Waals surface area (Å²) < 4.78 is 5.37. The van der Waals surface area contributed by atoms with Gasteiger partial charge in [0.2, 0.25) is 0 Å². The fourth-order valence-corrected chi connectivity index (χ4v) is 2.69. The van der Waals surface area contributed by atoms with Crippen molar-refractivity contribution in [2.45, 2.75) is 44.8 Å². The van der Waals surface area contributed by atoms with Gasteiger partial charge >= 0.3 is 0 Å². The fourth-order valence-electron chi connectivity index (χ4n) is 2.69. The lowest BCUT2D eigenvalue weighted by Gasteiger charge is -2.45. The third-order valence-electron chi connectivity index (χ3n) is 3.59. The van der Waals surface area contributed by atoms with Crippen LogP contribution < -0.4 is 0 Å².